The zero-order valence-electron chi connectivity index (χ0n) is 7.03. The molecule has 0 fully saturated rings. The third-order valence-corrected chi connectivity index (χ3v) is 1.78. The van der Waals surface area contributed by atoms with Crippen LogP contribution in [0.25, 0.3) is 0 Å². The number of hydrogen-bond acceptors (Lipinski definition) is 4. The SMILES string of the molecule is NC(=S)CC(=O)Nc1cnc(Br)cn1. The van der Waals surface area contributed by atoms with E-state index in [4.69, 9.17) is 5.73 Å². The topological polar surface area (TPSA) is 80.9 Å². The van der Waals surface area contributed by atoms with Gasteiger partial charge in [-0.15, -0.1) is 0 Å². The summed E-state index contributed by atoms with van der Waals surface area (Å²) in [6.07, 6.45) is 2.92. The number of nitrogens with one attached hydrogen (secondary N) is 1. The van der Waals surface area contributed by atoms with Crippen molar-refractivity contribution in [2.75, 3.05) is 5.32 Å². The summed E-state index contributed by atoms with van der Waals surface area (Å²) in [7, 11) is 0. The Hall–Kier alpha value is -1.08. The third-order valence-electron chi connectivity index (χ3n) is 1.22. The summed E-state index contributed by atoms with van der Waals surface area (Å²) in [5.74, 6) is 0.0728. The van der Waals surface area contributed by atoms with Crippen molar-refractivity contribution in [1.29, 1.82) is 0 Å². The van der Waals surface area contributed by atoms with E-state index >= 15 is 0 Å². The number of hydrogen-bond donors (Lipinski definition) is 2. The summed E-state index contributed by atoms with van der Waals surface area (Å²) in [6.45, 7) is 0. The Morgan fingerprint density at radius 2 is 2.29 bits per heavy atom. The van der Waals surface area contributed by atoms with E-state index in [1.807, 2.05) is 0 Å². The Labute approximate surface area is 94.2 Å². The lowest BCUT2D eigenvalue weighted by atomic mass is 10.4. The molecule has 0 atom stereocenters. The van der Waals surface area contributed by atoms with Crippen LogP contribution in [0.15, 0.2) is 17.0 Å². The average molecular weight is 275 g/mol. The van der Waals surface area contributed by atoms with Crippen LogP contribution < -0.4 is 11.1 Å². The molecular weight excluding hydrogens is 268 g/mol. The molecule has 0 bridgehead atoms. The highest BCUT2D eigenvalue weighted by molar-refractivity contribution is 9.10. The van der Waals surface area contributed by atoms with Crippen LogP contribution in [0.4, 0.5) is 5.82 Å². The van der Waals surface area contributed by atoms with Crippen molar-refractivity contribution in [1.82, 2.24) is 9.97 Å². The number of carbonyl (C=O) groups is 1. The molecule has 0 aliphatic carbocycles. The molecule has 5 nitrogen and oxygen atoms in total. The number of halogens is 1. The Kier molecular flexibility index (Phi) is 3.90. The van der Waals surface area contributed by atoms with Gasteiger partial charge in [-0.3, -0.25) is 4.79 Å². The first-order valence-corrected chi connectivity index (χ1v) is 4.84. The van der Waals surface area contributed by atoms with Crippen LogP contribution in [0.5, 0.6) is 0 Å². The van der Waals surface area contributed by atoms with Crippen LogP contribution in [0.1, 0.15) is 6.42 Å². The Morgan fingerprint density at radius 3 is 2.79 bits per heavy atom. The van der Waals surface area contributed by atoms with Crippen LogP contribution in [0, 0.1) is 0 Å². The molecule has 0 radical (unpaired) electrons. The fourth-order valence-electron chi connectivity index (χ4n) is 0.722. The van der Waals surface area contributed by atoms with Gasteiger partial charge < -0.3 is 11.1 Å². The molecule has 1 heterocycles. The standard InChI is InChI=1S/C7H7BrN4OS/c8-4-2-11-6(3-10-4)12-7(13)1-5(9)14/h2-3H,1H2,(H2,9,14)(H,11,12,13). The molecule has 0 spiro atoms. The predicted octanol–water partition coefficient (Wildman–Crippen LogP) is 0.854. The van der Waals surface area contributed by atoms with E-state index in [-0.39, 0.29) is 17.3 Å². The van der Waals surface area contributed by atoms with Gasteiger partial charge in [-0.25, -0.2) is 9.97 Å². The second-order valence-electron chi connectivity index (χ2n) is 2.42. The molecule has 1 aromatic rings. The van der Waals surface area contributed by atoms with Gasteiger partial charge in [0.05, 0.1) is 23.8 Å². The molecule has 1 aromatic heterocycles. The normalized spacial score (nSPS) is 9.50. The molecule has 0 saturated carbocycles. The van der Waals surface area contributed by atoms with Crippen molar-refractivity contribution in [3.05, 3.63) is 17.0 Å². The molecule has 7 heteroatoms. The second-order valence-corrected chi connectivity index (χ2v) is 3.75. The lowest BCUT2D eigenvalue weighted by molar-refractivity contribution is -0.115. The summed E-state index contributed by atoms with van der Waals surface area (Å²) < 4.78 is 0.602. The summed E-state index contributed by atoms with van der Waals surface area (Å²) in [5, 5.41) is 2.50. The summed E-state index contributed by atoms with van der Waals surface area (Å²) in [4.78, 5) is 19.1. The quantitative estimate of drug-likeness (QED) is 0.799. The van der Waals surface area contributed by atoms with Crippen molar-refractivity contribution >= 4 is 44.9 Å². The van der Waals surface area contributed by atoms with Crippen LogP contribution in [0.2, 0.25) is 0 Å². The van der Waals surface area contributed by atoms with Gasteiger partial charge in [0.2, 0.25) is 5.91 Å². The molecule has 0 saturated heterocycles. The van der Waals surface area contributed by atoms with Crippen molar-refractivity contribution in [2.24, 2.45) is 5.73 Å². The summed E-state index contributed by atoms with van der Waals surface area (Å²) in [6, 6.07) is 0. The zero-order chi connectivity index (χ0) is 10.6. The monoisotopic (exact) mass is 274 g/mol. The maximum Gasteiger partial charge on any atom is 0.232 e. The van der Waals surface area contributed by atoms with Gasteiger partial charge in [0, 0.05) is 0 Å². The number of amides is 1. The number of aromatic nitrogens is 2. The predicted molar refractivity (Wildman–Crippen MR) is 59.8 cm³/mol. The number of thiocarbonyl (C=S) groups is 1. The van der Waals surface area contributed by atoms with Gasteiger partial charge >= 0.3 is 0 Å². The maximum absolute atomic E-state index is 11.1. The molecular formula is C7H7BrN4OS. The molecule has 3 N–H and O–H groups in total. The fourth-order valence-corrected chi connectivity index (χ4v) is 1.06. The summed E-state index contributed by atoms with van der Waals surface area (Å²) >= 11 is 7.71. The van der Waals surface area contributed by atoms with Crippen LogP contribution in [-0.2, 0) is 4.79 Å². The lowest BCUT2D eigenvalue weighted by Crippen LogP contribution is -2.20. The number of nitrogens with two attached hydrogens (primary N) is 1. The van der Waals surface area contributed by atoms with E-state index in [9.17, 15) is 4.79 Å². The fraction of sp³-hybridized carbons (Fsp3) is 0.143. The molecule has 0 aliphatic heterocycles. The van der Waals surface area contributed by atoms with Crippen molar-refractivity contribution in [3.63, 3.8) is 0 Å². The first-order chi connectivity index (χ1) is 6.58. The summed E-state index contributed by atoms with van der Waals surface area (Å²) in [5.41, 5.74) is 5.20. The Bertz CT molecular complexity index is 353. The van der Waals surface area contributed by atoms with E-state index in [1.54, 1.807) is 0 Å². The van der Waals surface area contributed by atoms with E-state index in [0.29, 0.717) is 10.4 Å². The number of anilines is 1. The smallest absolute Gasteiger partial charge is 0.232 e. The van der Waals surface area contributed by atoms with E-state index < -0.39 is 0 Å². The molecule has 0 aromatic carbocycles. The minimum Gasteiger partial charge on any atom is -0.393 e. The number of rotatable bonds is 3. The highest BCUT2D eigenvalue weighted by Gasteiger charge is 2.04. The van der Waals surface area contributed by atoms with Crippen molar-refractivity contribution in [2.45, 2.75) is 6.42 Å². The first kappa shape index (κ1) is 11.0. The number of carbonyl (C=O) groups excluding carboxylic acids is 1. The highest BCUT2D eigenvalue weighted by atomic mass is 79.9. The minimum atomic E-state index is -0.297. The van der Waals surface area contributed by atoms with E-state index in [1.165, 1.54) is 12.4 Å². The van der Waals surface area contributed by atoms with Crippen LogP contribution >= 0.6 is 28.1 Å². The lowest BCUT2D eigenvalue weighted by Gasteiger charge is -2.02. The minimum absolute atomic E-state index is 0.00702. The number of nitrogens with zero attached hydrogens (tertiary/aromatic N) is 2. The maximum atomic E-state index is 11.1. The van der Waals surface area contributed by atoms with Gasteiger partial charge in [0.1, 0.15) is 4.60 Å². The Morgan fingerprint density at radius 1 is 1.57 bits per heavy atom. The van der Waals surface area contributed by atoms with Gasteiger partial charge in [-0.2, -0.15) is 0 Å². The van der Waals surface area contributed by atoms with Gasteiger partial charge in [-0.1, -0.05) is 12.2 Å². The van der Waals surface area contributed by atoms with Gasteiger partial charge in [0.15, 0.2) is 5.82 Å². The highest BCUT2D eigenvalue weighted by Crippen LogP contribution is 2.06. The van der Waals surface area contributed by atoms with Crippen molar-refractivity contribution in [3.8, 4) is 0 Å². The molecule has 0 unspecified atom stereocenters. The molecule has 1 rings (SSSR count). The molecule has 1 amide bonds. The second kappa shape index (κ2) is 4.97. The first-order valence-electron chi connectivity index (χ1n) is 3.63. The molecule has 14 heavy (non-hydrogen) atoms. The molecule has 74 valence electrons. The van der Waals surface area contributed by atoms with Crippen molar-refractivity contribution < 1.29 is 4.79 Å². The van der Waals surface area contributed by atoms with E-state index in [0.717, 1.165) is 0 Å². The van der Waals surface area contributed by atoms with Crippen LogP contribution in [-0.4, -0.2) is 20.9 Å². The Balaban J connectivity index is 2.56. The van der Waals surface area contributed by atoms with Crippen LogP contribution in [0.3, 0.4) is 0 Å². The third kappa shape index (κ3) is 3.75. The van der Waals surface area contributed by atoms with Gasteiger partial charge in [0.25, 0.3) is 0 Å². The molecule has 0 aliphatic rings. The average Bonchev–Trinajstić information content (AvgIpc) is 2.07. The van der Waals surface area contributed by atoms with Gasteiger partial charge in [-0.05, 0) is 15.9 Å². The van der Waals surface area contributed by atoms with E-state index in [2.05, 4.69) is 43.4 Å². The largest absolute Gasteiger partial charge is 0.393 e. The zero-order valence-corrected chi connectivity index (χ0v) is 9.43.